The van der Waals surface area contributed by atoms with Crippen LogP contribution < -0.4 is 19.6 Å². The van der Waals surface area contributed by atoms with E-state index in [1.165, 1.54) is 24.3 Å². The molecule has 0 spiro atoms. The molecule has 20 aromatic carbocycles. The molecule has 0 unspecified atom stereocenters. The van der Waals surface area contributed by atoms with E-state index in [2.05, 4.69) is 105 Å². The Kier molecular flexibility index (Phi) is 23.7. The number of nitriles is 2. The van der Waals surface area contributed by atoms with Gasteiger partial charge in [-0.1, -0.05) is 277 Å². The van der Waals surface area contributed by atoms with E-state index in [1.807, 2.05) is 194 Å². The standard InChI is InChI=1S/2C62H46F4N4/c1-61(2,3)42-18-10-38(11-19-42)51-32-44(63)34-53(65)59(51)69(47-24-8-37(36-67)9-25-47)55-30-16-40-15-29-50-56(31-17-41-14-28-49(55)57(40)58(41)50)70(48-26-22-46(68-7)23-27-48)60-52(33-45(64)35-54(60)66)39-12-20-43(21-13-39)62(4,5)6;1-61(2,3)42-12-8-10-40(30-42)51-32-44(63)34-53(65)59(51)69(47-22-14-37(36-67)15-23-47)55-28-18-38-17-27-50-56(29-19-39-16-26-49(55)57(38)58(39)50)70(48-24-20-46(68-7)21-25-48)60-52(33-45(64)35-54(60)66)41-11-9-13-43(31-41)62(4,5)6/h2*8-35H,1-6H3. The highest BCUT2D eigenvalue weighted by Gasteiger charge is 2.34. The normalized spacial score (nSPS) is 11.8. The van der Waals surface area contributed by atoms with Gasteiger partial charge in [-0.2, -0.15) is 10.5 Å². The average Bonchev–Trinajstić information content (AvgIpc) is 0.716. The SMILES string of the molecule is [C-]#[N+]c1ccc(N(c2c(F)cc(F)cc2-c2ccc(C(C)(C)C)cc2)c2ccc3ccc4c(N(c5ccc(C#N)cc5)c5c(F)cc(F)cc5-c5ccc(C(C)(C)C)cc5)ccc5ccc2c3c54)cc1.[C-]#[N+]c1ccc(N(c2c(F)cc(F)cc2-c2cccc(C(C)(C)C)c2)c2ccc3ccc4c(N(c5ccc(C#N)cc5)c5c(F)cc(F)cc5-c5cccc(C(C)(C)C)c5)ccc5ccc2c3c54)cc1. The summed E-state index contributed by atoms with van der Waals surface area (Å²) in [5.41, 5.74) is 13.8. The van der Waals surface area contributed by atoms with Crippen molar-refractivity contribution in [1.82, 2.24) is 0 Å². The fraction of sp³-hybridized carbons (Fsp3) is 0.129. The third-order valence-corrected chi connectivity index (χ3v) is 26.4. The lowest BCUT2D eigenvalue weighted by Gasteiger charge is -2.31. The van der Waals surface area contributed by atoms with Crippen molar-refractivity contribution in [2.24, 2.45) is 0 Å². The Morgan fingerprint density at radius 2 is 0.479 bits per heavy atom. The Labute approximate surface area is 808 Å². The summed E-state index contributed by atoms with van der Waals surface area (Å²) in [6, 6.07) is 103. The van der Waals surface area contributed by atoms with Crippen LogP contribution in [-0.2, 0) is 21.7 Å². The zero-order valence-electron chi connectivity index (χ0n) is 78.9. The van der Waals surface area contributed by atoms with Gasteiger partial charge in [0.15, 0.2) is 34.6 Å². The summed E-state index contributed by atoms with van der Waals surface area (Å²) in [5.74, 6) is -6.02. The van der Waals surface area contributed by atoms with Gasteiger partial charge in [0.1, 0.15) is 23.3 Å². The van der Waals surface area contributed by atoms with Crippen LogP contribution in [-0.4, -0.2) is 0 Å². The van der Waals surface area contributed by atoms with Gasteiger partial charge in [-0.25, -0.2) is 44.8 Å². The Morgan fingerprint density at radius 3 is 0.714 bits per heavy atom. The summed E-state index contributed by atoms with van der Waals surface area (Å²) in [6.45, 7) is 40.5. The van der Waals surface area contributed by atoms with Gasteiger partial charge in [0, 0.05) is 90.8 Å². The third-order valence-electron chi connectivity index (χ3n) is 26.4. The molecule has 0 saturated heterocycles. The molecule has 0 radical (unpaired) electrons. The van der Waals surface area contributed by atoms with E-state index in [0.29, 0.717) is 113 Å². The molecular formula is C124H92F8N8. The monoisotopic (exact) mass is 1840 g/mol. The maximum absolute atomic E-state index is 17.1. The lowest BCUT2D eigenvalue weighted by atomic mass is 9.85. The first-order valence-corrected chi connectivity index (χ1v) is 46.0. The highest BCUT2D eigenvalue weighted by molar-refractivity contribution is 6.30. The van der Waals surface area contributed by atoms with Crippen LogP contribution >= 0.6 is 0 Å². The predicted octanol–water partition coefficient (Wildman–Crippen LogP) is 36.9. The van der Waals surface area contributed by atoms with Crippen molar-refractivity contribution in [2.45, 2.75) is 105 Å². The molecule has 0 amide bonds. The fourth-order valence-electron chi connectivity index (χ4n) is 19.3. The molecule has 20 rings (SSSR count). The van der Waals surface area contributed by atoms with Gasteiger partial charge in [-0.3, -0.25) is 0 Å². The van der Waals surface area contributed by atoms with Crippen molar-refractivity contribution >= 4 is 144 Å². The summed E-state index contributed by atoms with van der Waals surface area (Å²) in [4.78, 5) is 14.4. The number of hydrogen-bond donors (Lipinski definition) is 0. The lowest BCUT2D eigenvalue weighted by molar-refractivity contribution is 0.584. The Hall–Kier alpha value is -16.9. The van der Waals surface area contributed by atoms with Crippen LogP contribution in [0.25, 0.3) is 119 Å². The van der Waals surface area contributed by atoms with Crippen molar-refractivity contribution in [2.75, 3.05) is 19.6 Å². The second-order valence-corrected chi connectivity index (χ2v) is 39.6. The first-order valence-electron chi connectivity index (χ1n) is 46.0. The first kappa shape index (κ1) is 92.2. The molecule has 684 valence electrons. The van der Waals surface area contributed by atoms with Crippen LogP contribution in [0.2, 0.25) is 0 Å². The smallest absolute Gasteiger partial charge is 0.187 e. The first-order chi connectivity index (χ1) is 67.0. The summed E-state index contributed by atoms with van der Waals surface area (Å²) in [7, 11) is 0. The minimum absolute atomic E-state index is 0.120. The van der Waals surface area contributed by atoms with Gasteiger partial charge in [0.2, 0.25) is 0 Å². The molecule has 0 aromatic heterocycles. The molecule has 0 saturated carbocycles. The van der Waals surface area contributed by atoms with E-state index in [4.69, 9.17) is 13.1 Å². The lowest BCUT2D eigenvalue weighted by Crippen LogP contribution is -2.15. The molecule has 0 aliphatic carbocycles. The van der Waals surface area contributed by atoms with Gasteiger partial charge < -0.3 is 19.6 Å². The molecule has 0 fully saturated rings. The summed E-state index contributed by atoms with van der Waals surface area (Å²) in [6.07, 6.45) is 0. The Balaban J connectivity index is 0.000000178. The van der Waals surface area contributed by atoms with Gasteiger partial charge in [-0.15, -0.1) is 0 Å². The molecule has 8 nitrogen and oxygen atoms in total. The second-order valence-electron chi connectivity index (χ2n) is 39.6. The van der Waals surface area contributed by atoms with E-state index in [0.717, 1.165) is 111 Å². The second kappa shape index (κ2) is 36.0. The van der Waals surface area contributed by atoms with E-state index >= 15 is 35.1 Å². The minimum Gasteiger partial charge on any atom is -0.307 e. The Morgan fingerprint density at radius 1 is 0.243 bits per heavy atom. The molecule has 0 bridgehead atoms. The molecule has 140 heavy (non-hydrogen) atoms. The zero-order valence-corrected chi connectivity index (χ0v) is 78.9. The van der Waals surface area contributed by atoms with Crippen molar-refractivity contribution in [3.8, 4) is 56.6 Å². The molecule has 20 aromatic rings. The highest BCUT2D eigenvalue weighted by atomic mass is 19.2. The van der Waals surface area contributed by atoms with Crippen molar-refractivity contribution in [3.63, 3.8) is 0 Å². The minimum atomic E-state index is -0.780. The molecule has 0 heterocycles. The Bertz CT molecular complexity index is 7980. The van der Waals surface area contributed by atoms with Crippen LogP contribution in [0.5, 0.6) is 0 Å². The molecule has 0 aliphatic rings. The van der Waals surface area contributed by atoms with Crippen LogP contribution in [0.1, 0.15) is 116 Å². The highest BCUT2D eigenvalue weighted by Crippen LogP contribution is 2.56. The number of halogens is 8. The van der Waals surface area contributed by atoms with Gasteiger partial charge in [0.25, 0.3) is 0 Å². The molecule has 0 N–H and O–H groups in total. The zero-order chi connectivity index (χ0) is 98.4. The fourth-order valence-corrected chi connectivity index (χ4v) is 19.3. The van der Waals surface area contributed by atoms with Crippen molar-refractivity contribution < 1.29 is 35.1 Å². The summed E-state index contributed by atoms with van der Waals surface area (Å²) >= 11 is 0. The maximum atomic E-state index is 17.1. The number of rotatable bonds is 16. The van der Waals surface area contributed by atoms with Gasteiger partial charge in [-0.05, 0) is 231 Å². The largest absolute Gasteiger partial charge is 0.307 e. The molecule has 0 aliphatic heterocycles. The maximum Gasteiger partial charge on any atom is 0.187 e. The van der Waals surface area contributed by atoms with Crippen molar-refractivity contribution in [1.29, 1.82) is 10.5 Å². The van der Waals surface area contributed by atoms with E-state index in [-0.39, 0.29) is 44.4 Å². The van der Waals surface area contributed by atoms with Crippen molar-refractivity contribution in [3.05, 3.63) is 442 Å². The van der Waals surface area contributed by atoms with Crippen LogP contribution in [0.15, 0.2) is 340 Å². The van der Waals surface area contributed by atoms with Crippen LogP contribution in [0.3, 0.4) is 0 Å². The number of anilines is 12. The number of hydrogen-bond acceptors (Lipinski definition) is 6. The molecule has 0 atom stereocenters. The quantitative estimate of drug-likeness (QED) is 0.0545. The van der Waals surface area contributed by atoms with Gasteiger partial charge in [0.05, 0.1) is 81.9 Å². The predicted molar refractivity (Wildman–Crippen MR) is 557 cm³/mol. The topological polar surface area (TPSA) is 69.3 Å². The average molecular weight is 1850 g/mol. The molecular weight excluding hydrogens is 1750 g/mol. The number of benzene rings is 20. The summed E-state index contributed by atoms with van der Waals surface area (Å²) in [5, 5.41) is 29.5. The van der Waals surface area contributed by atoms with E-state index in [9.17, 15) is 10.5 Å². The van der Waals surface area contributed by atoms with E-state index < -0.39 is 46.5 Å². The van der Waals surface area contributed by atoms with Crippen LogP contribution in [0, 0.1) is 82.3 Å². The number of nitrogens with zero attached hydrogens (tertiary/aromatic N) is 8. The third kappa shape index (κ3) is 17.1. The van der Waals surface area contributed by atoms with Gasteiger partial charge >= 0.3 is 0 Å². The summed E-state index contributed by atoms with van der Waals surface area (Å²) < 4.78 is 130. The van der Waals surface area contributed by atoms with Crippen LogP contribution in [0.4, 0.5) is 115 Å². The van der Waals surface area contributed by atoms with E-state index in [1.54, 1.807) is 117 Å². The molecule has 16 heteroatoms.